The summed E-state index contributed by atoms with van der Waals surface area (Å²) in [6.45, 7) is 0. The molecule has 0 amide bonds. The summed E-state index contributed by atoms with van der Waals surface area (Å²) >= 11 is 5.95. The van der Waals surface area contributed by atoms with E-state index in [2.05, 4.69) is 10.2 Å². The molecule has 6 nitrogen and oxygen atoms in total. The third-order valence-electron chi connectivity index (χ3n) is 4.45. The normalized spacial score (nSPS) is 16.5. The smallest absolute Gasteiger partial charge is 0.182 e. The number of phenols is 2. The number of aromatic hydroxyl groups is 2. The number of nitrogens with zero attached hydrogens (tertiary/aromatic N) is 3. The van der Waals surface area contributed by atoms with Gasteiger partial charge in [0.05, 0.1) is 0 Å². The van der Waals surface area contributed by atoms with E-state index in [0.717, 1.165) is 10.6 Å². The van der Waals surface area contributed by atoms with Crippen molar-refractivity contribution in [3.05, 3.63) is 94.5 Å². The van der Waals surface area contributed by atoms with Gasteiger partial charge in [-0.1, -0.05) is 41.9 Å². The molecule has 0 aromatic heterocycles. The standard InChI is InChI=1S/C21H16ClN3O3/c22-15-8-6-14(7-9-15)21-24-23-19(13-4-2-1-3-5-13)20(25(21)28)17-11-10-16(26)12-18(17)27/h1-12,20,26-28H/t20-/m0/s1. The van der Waals surface area contributed by atoms with Crippen molar-refractivity contribution in [2.24, 2.45) is 10.2 Å². The monoisotopic (exact) mass is 393 g/mol. The Labute approximate surface area is 166 Å². The summed E-state index contributed by atoms with van der Waals surface area (Å²) in [6.07, 6.45) is 0. The van der Waals surface area contributed by atoms with Crippen LogP contribution in [0.25, 0.3) is 0 Å². The number of rotatable bonds is 3. The van der Waals surface area contributed by atoms with Gasteiger partial charge in [-0.3, -0.25) is 5.21 Å². The maximum atomic E-state index is 11.0. The number of halogens is 1. The van der Waals surface area contributed by atoms with Gasteiger partial charge in [-0.15, -0.1) is 5.10 Å². The van der Waals surface area contributed by atoms with E-state index in [4.69, 9.17) is 11.6 Å². The van der Waals surface area contributed by atoms with Crippen molar-refractivity contribution in [2.45, 2.75) is 6.04 Å². The molecule has 0 fully saturated rings. The molecule has 0 saturated carbocycles. The van der Waals surface area contributed by atoms with Crippen LogP contribution >= 0.6 is 11.6 Å². The third kappa shape index (κ3) is 3.31. The molecule has 0 spiro atoms. The first-order valence-corrected chi connectivity index (χ1v) is 8.89. The number of hydrogen-bond acceptors (Lipinski definition) is 6. The zero-order chi connectivity index (χ0) is 19.7. The zero-order valence-electron chi connectivity index (χ0n) is 14.6. The van der Waals surface area contributed by atoms with Gasteiger partial charge in [-0.2, -0.15) is 5.10 Å². The molecule has 3 N–H and O–H groups in total. The molecule has 3 aromatic carbocycles. The quantitative estimate of drug-likeness (QED) is 0.617. The molecule has 1 aliphatic rings. The van der Waals surface area contributed by atoms with Gasteiger partial charge < -0.3 is 10.2 Å². The fourth-order valence-corrected chi connectivity index (χ4v) is 3.22. The molecule has 0 bridgehead atoms. The second-order valence-electron chi connectivity index (χ2n) is 6.27. The minimum Gasteiger partial charge on any atom is -0.508 e. The zero-order valence-corrected chi connectivity index (χ0v) is 15.3. The van der Waals surface area contributed by atoms with E-state index in [1.165, 1.54) is 12.1 Å². The van der Waals surface area contributed by atoms with Crippen LogP contribution in [0.5, 0.6) is 11.5 Å². The summed E-state index contributed by atoms with van der Waals surface area (Å²) in [7, 11) is 0. The molecule has 1 aliphatic heterocycles. The Hall–Kier alpha value is -3.35. The Morgan fingerprint density at radius 3 is 2.21 bits per heavy atom. The van der Waals surface area contributed by atoms with E-state index in [1.54, 1.807) is 30.3 Å². The van der Waals surface area contributed by atoms with E-state index in [1.807, 2.05) is 30.3 Å². The van der Waals surface area contributed by atoms with Crippen molar-refractivity contribution in [3.63, 3.8) is 0 Å². The summed E-state index contributed by atoms with van der Waals surface area (Å²) in [5.41, 5.74) is 2.20. The summed E-state index contributed by atoms with van der Waals surface area (Å²) in [5, 5.41) is 41.2. The van der Waals surface area contributed by atoms with Crippen LogP contribution in [-0.4, -0.2) is 32.0 Å². The maximum absolute atomic E-state index is 11.0. The van der Waals surface area contributed by atoms with E-state index < -0.39 is 6.04 Å². The lowest BCUT2D eigenvalue weighted by Crippen LogP contribution is -2.39. The Morgan fingerprint density at radius 2 is 1.54 bits per heavy atom. The average molecular weight is 394 g/mol. The first kappa shape index (κ1) is 18.0. The minimum atomic E-state index is -0.828. The van der Waals surface area contributed by atoms with Crippen molar-refractivity contribution in [3.8, 4) is 11.5 Å². The van der Waals surface area contributed by atoms with Crippen LogP contribution in [0.2, 0.25) is 5.02 Å². The average Bonchev–Trinajstić information content (AvgIpc) is 2.70. The van der Waals surface area contributed by atoms with Gasteiger partial charge in [0.2, 0.25) is 0 Å². The summed E-state index contributed by atoms with van der Waals surface area (Å²) < 4.78 is 0. The highest BCUT2D eigenvalue weighted by Crippen LogP contribution is 2.36. The molecule has 4 rings (SSSR count). The Balaban J connectivity index is 1.87. The number of amidine groups is 1. The topological polar surface area (TPSA) is 88.7 Å². The van der Waals surface area contributed by atoms with E-state index in [0.29, 0.717) is 21.9 Å². The maximum Gasteiger partial charge on any atom is 0.182 e. The lowest BCUT2D eigenvalue weighted by Gasteiger charge is -2.32. The highest BCUT2D eigenvalue weighted by molar-refractivity contribution is 6.30. The van der Waals surface area contributed by atoms with Crippen LogP contribution in [0.3, 0.4) is 0 Å². The van der Waals surface area contributed by atoms with Crippen molar-refractivity contribution < 1.29 is 15.4 Å². The molecular weight excluding hydrogens is 378 g/mol. The molecule has 140 valence electrons. The Bertz CT molecular complexity index is 1070. The molecule has 0 aliphatic carbocycles. The summed E-state index contributed by atoms with van der Waals surface area (Å²) in [6, 6.07) is 19.5. The van der Waals surface area contributed by atoms with E-state index >= 15 is 0 Å². The molecule has 3 aromatic rings. The highest BCUT2D eigenvalue weighted by Gasteiger charge is 2.34. The van der Waals surface area contributed by atoms with Crippen LogP contribution in [0.1, 0.15) is 22.7 Å². The lowest BCUT2D eigenvalue weighted by atomic mass is 9.94. The van der Waals surface area contributed by atoms with Gasteiger partial charge >= 0.3 is 0 Å². The third-order valence-corrected chi connectivity index (χ3v) is 4.71. The molecular formula is C21H16ClN3O3. The second kappa shape index (κ2) is 7.34. The van der Waals surface area contributed by atoms with E-state index in [9.17, 15) is 15.4 Å². The van der Waals surface area contributed by atoms with Gasteiger partial charge in [0, 0.05) is 27.8 Å². The SMILES string of the molecule is Oc1ccc([C@H]2C(c3ccccc3)=NN=C(c3ccc(Cl)cc3)N2O)c(O)c1. The number of phenolic OH excluding ortho intramolecular Hbond substituents is 2. The lowest BCUT2D eigenvalue weighted by molar-refractivity contribution is -0.0352. The first-order chi connectivity index (χ1) is 13.5. The fraction of sp³-hybridized carbons (Fsp3) is 0.0476. The molecule has 0 saturated heterocycles. The molecule has 0 radical (unpaired) electrons. The first-order valence-electron chi connectivity index (χ1n) is 8.51. The van der Waals surface area contributed by atoms with Gasteiger partial charge in [0.25, 0.3) is 0 Å². The van der Waals surface area contributed by atoms with Gasteiger partial charge in [0.1, 0.15) is 23.3 Å². The fourth-order valence-electron chi connectivity index (χ4n) is 3.10. The van der Waals surface area contributed by atoms with Crippen LogP contribution in [0.4, 0.5) is 0 Å². The van der Waals surface area contributed by atoms with E-state index in [-0.39, 0.29) is 17.3 Å². The predicted octanol–water partition coefficient (Wildman–Crippen LogP) is 4.35. The predicted molar refractivity (Wildman–Crippen MR) is 107 cm³/mol. The van der Waals surface area contributed by atoms with Crippen LogP contribution in [0, 0.1) is 0 Å². The van der Waals surface area contributed by atoms with Crippen molar-refractivity contribution in [1.82, 2.24) is 5.06 Å². The van der Waals surface area contributed by atoms with Crippen molar-refractivity contribution in [1.29, 1.82) is 0 Å². The molecule has 7 heteroatoms. The summed E-state index contributed by atoms with van der Waals surface area (Å²) in [4.78, 5) is 0. The molecule has 28 heavy (non-hydrogen) atoms. The molecule has 0 unspecified atom stereocenters. The van der Waals surface area contributed by atoms with Crippen LogP contribution in [-0.2, 0) is 0 Å². The summed E-state index contributed by atoms with van der Waals surface area (Å²) in [5.74, 6) is -0.0230. The van der Waals surface area contributed by atoms with Gasteiger partial charge in [-0.05, 0) is 36.4 Å². The van der Waals surface area contributed by atoms with Crippen molar-refractivity contribution in [2.75, 3.05) is 0 Å². The Kier molecular flexibility index (Phi) is 4.73. The van der Waals surface area contributed by atoms with Crippen LogP contribution < -0.4 is 0 Å². The second-order valence-corrected chi connectivity index (χ2v) is 6.71. The molecule has 1 atom stereocenters. The van der Waals surface area contributed by atoms with Gasteiger partial charge in [0.15, 0.2) is 5.84 Å². The van der Waals surface area contributed by atoms with Crippen molar-refractivity contribution >= 4 is 23.1 Å². The highest BCUT2D eigenvalue weighted by atomic mass is 35.5. The largest absolute Gasteiger partial charge is 0.508 e. The molecule has 1 heterocycles. The Morgan fingerprint density at radius 1 is 0.821 bits per heavy atom. The van der Waals surface area contributed by atoms with Crippen LogP contribution in [0.15, 0.2) is 83.0 Å². The number of hydrogen-bond donors (Lipinski definition) is 3. The van der Waals surface area contributed by atoms with Gasteiger partial charge in [-0.25, -0.2) is 5.06 Å². The number of hydroxylamine groups is 2. The minimum absolute atomic E-state index is 0.0775. The number of benzene rings is 3.